The summed E-state index contributed by atoms with van der Waals surface area (Å²) in [7, 11) is 0. The van der Waals surface area contributed by atoms with Crippen LogP contribution in [0.3, 0.4) is 0 Å². The van der Waals surface area contributed by atoms with Gasteiger partial charge in [0.05, 0.1) is 5.56 Å². The number of amides is 2. The predicted molar refractivity (Wildman–Crippen MR) is 90.7 cm³/mol. The largest absolute Gasteiger partial charge is 0.484 e. The maximum absolute atomic E-state index is 12.0. The summed E-state index contributed by atoms with van der Waals surface area (Å²) in [5, 5.41) is 14.1. The molecule has 7 heteroatoms. The van der Waals surface area contributed by atoms with Gasteiger partial charge in [-0.05, 0) is 36.8 Å². The van der Waals surface area contributed by atoms with Gasteiger partial charge < -0.3 is 15.4 Å². The number of carbonyl (C=O) groups is 2. The minimum Gasteiger partial charge on any atom is -0.484 e. The van der Waals surface area contributed by atoms with E-state index in [-0.39, 0.29) is 24.1 Å². The van der Waals surface area contributed by atoms with Crippen molar-refractivity contribution in [2.75, 3.05) is 13.2 Å². The van der Waals surface area contributed by atoms with Crippen LogP contribution < -0.4 is 15.4 Å². The van der Waals surface area contributed by atoms with E-state index in [4.69, 9.17) is 10.00 Å². The summed E-state index contributed by atoms with van der Waals surface area (Å²) in [5.41, 5.74) is 1.46. The van der Waals surface area contributed by atoms with Crippen LogP contribution in [0.5, 0.6) is 5.75 Å². The molecule has 1 aromatic heterocycles. The fraction of sp³-hybridized carbons (Fsp3) is 0.222. The second-order valence-electron chi connectivity index (χ2n) is 5.12. The molecule has 0 atom stereocenters. The lowest BCUT2D eigenvalue weighted by Gasteiger charge is -2.09. The van der Waals surface area contributed by atoms with Crippen LogP contribution in [0.2, 0.25) is 0 Å². The molecule has 0 bridgehead atoms. The molecule has 2 N–H and O–H groups in total. The number of benzene rings is 1. The zero-order valence-electron chi connectivity index (χ0n) is 13.8. The van der Waals surface area contributed by atoms with Gasteiger partial charge in [0.25, 0.3) is 11.8 Å². The molecule has 0 spiro atoms. The molecule has 1 aromatic carbocycles. The predicted octanol–water partition coefficient (Wildman–Crippen LogP) is 1.40. The van der Waals surface area contributed by atoms with Crippen LogP contribution in [-0.2, 0) is 11.3 Å². The van der Waals surface area contributed by atoms with E-state index < -0.39 is 0 Å². The molecule has 0 radical (unpaired) electrons. The molecule has 0 unspecified atom stereocenters. The maximum atomic E-state index is 12.0. The number of nitrogens with zero attached hydrogens (tertiary/aromatic N) is 2. The highest BCUT2D eigenvalue weighted by Crippen LogP contribution is 2.13. The first-order valence-corrected chi connectivity index (χ1v) is 7.75. The quantitative estimate of drug-likeness (QED) is 0.794. The fourth-order valence-electron chi connectivity index (χ4n) is 2.01. The van der Waals surface area contributed by atoms with E-state index in [1.807, 2.05) is 19.1 Å². The summed E-state index contributed by atoms with van der Waals surface area (Å²) in [4.78, 5) is 27.4. The Labute approximate surface area is 145 Å². The number of rotatable bonds is 7. The lowest BCUT2D eigenvalue weighted by Crippen LogP contribution is -2.28. The molecule has 0 aliphatic heterocycles. The van der Waals surface area contributed by atoms with Crippen LogP contribution in [0.1, 0.15) is 28.5 Å². The minimum absolute atomic E-state index is 0.0567. The molecule has 25 heavy (non-hydrogen) atoms. The topological polar surface area (TPSA) is 104 Å². The molecule has 7 nitrogen and oxygen atoms in total. The molecule has 0 aliphatic carbocycles. The van der Waals surface area contributed by atoms with Gasteiger partial charge >= 0.3 is 0 Å². The first-order valence-electron chi connectivity index (χ1n) is 7.75. The number of pyridine rings is 1. The van der Waals surface area contributed by atoms with Crippen LogP contribution in [0.15, 0.2) is 42.6 Å². The molecule has 1 heterocycles. The maximum Gasteiger partial charge on any atom is 0.270 e. The zero-order chi connectivity index (χ0) is 18.1. The fourth-order valence-corrected chi connectivity index (χ4v) is 2.01. The third-order valence-corrected chi connectivity index (χ3v) is 3.22. The van der Waals surface area contributed by atoms with Gasteiger partial charge in [-0.3, -0.25) is 9.59 Å². The Bertz CT molecular complexity index is 782. The molecule has 0 aliphatic rings. The summed E-state index contributed by atoms with van der Waals surface area (Å²) in [5.74, 6) is 0.0285. The van der Waals surface area contributed by atoms with E-state index in [1.54, 1.807) is 18.2 Å². The molecular formula is C18H18N4O3. The zero-order valence-corrected chi connectivity index (χ0v) is 13.8. The van der Waals surface area contributed by atoms with E-state index >= 15 is 0 Å². The molecule has 2 rings (SSSR count). The van der Waals surface area contributed by atoms with Crippen LogP contribution in [-0.4, -0.2) is 29.9 Å². The lowest BCUT2D eigenvalue weighted by molar-refractivity contribution is -0.122. The number of likely N-dealkylation sites (N-methyl/N-ethyl adjacent to an activating group) is 1. The van der Waals surface area contributed by atoms with Gasteiger partial charge in [0.1, 0.15) is 17.5 Å². The van der Waals surface area contributed by atoms with Crippen molar-refractivity contribution in [3.63, 3.8) is 0 Å². The Morgan fingerprint density at radius 3 is 2.76 bits per heavy atom. The van der Waals surface area contributed by atoms with Crippen molar-refractivity contribution in [2.45, 2.75) is 13.5 Å². The average Bonchev–Trinajstić information content (AvgIpc) is 2.65. The van der Waals surface area contributed by atoms with E-state index in [9.17, 15) is 9.59 Å². The molecule has 2 amide bonds. The van der Waals surface area contributed by atoms with E-state index in [0.29, 0.717) is 24.4 Å². The van der Waals surface area contributed by atoms with Crippen LogP contribution in [0, 0.1) is 11.3 Å². The molecule has 2 aromatic rings. The Hall–Kier alpha value is -3.40. The van der Waals surface area contributed by atoms with Crippen molar-refractivity contribution in [3.8, 4) is 11.8 Å². The van der Waals surface area contributed by atoms with Crippen LogP contribution in [0.4, 0.5) is 0 Å². The van der Waals surface area contributed by atoms with E-state index in [0.717, 1.165) is 5.56 Å². The molecular weight excluding hydrogens is 320 g/mol. The molecule has 128 valence electrons. The Kier molecular flexibility index (Phi) is 6.48. The van der Waals surface area contributed by atoms with Gasteiger partial charge in [-0.2, -0.15) is 5.26 Å². The van der Waals surface area contributed by atoms with Crippen molar-refractivity contribution in [2.24, 2.45) is 0 Å². The Morgan fingerprint density at radius 2 is 2.08 bits per heavy atom. The SMILES string of the molecule is CCNC(=O)COc1cccc(CNC(=O)c2ccc(C#N)cn2)c1. The van der Waals surface area contributed by atoms with Crippen molar-refractivity contribution < 1.29 is 14.3 Å². The standard InChI is InChI=1S/C18H18N4O3/c1-2-20-17(23)12-25-15-5-3-4-13(8-15)10-22-18(24)16-7-6-14(9-19)11-21-16/h3-8,11H,2,10,12H2,1H3,(H,20,23)(H,22,24). The number of carbonyl (C=O) groups excluding carboxylic acids is 2. The highest BCUT2D eigenvalue weighted by molar-refractivity contribution is 5.92. The summed E-state index contributed by atoms with van der Waals surface area (Å²) in [6, 6.07) is 12.1. The van der Waals surface area contributed by atoms with Gasteiger partial charge in [-0.25, -0.2) is 4.98 Å². The summed E-state index contributed by atoms with van der Waals surface area (Å²) in [6.45, 7) is 2.62. The monoisotopic (exact) mass is 338 g/mol. The van der Waals surface area contributed by atoms with Gasteiger partial charge in [0.2, 0.25) is 0 Å². The third kappa shape index (κ3) is 5.62. The van der Waals surface area contributed by atoms with Crippen LogP contribution in [0.25, 0.3) is 0 Å². The van der Waals surface area contributed by atoms with Crippen LogP contribution >= 0.6 is 0 Å². The normalized spacial score (nSPS) is 9.76. The van der Waals surface area contributed by atoms with Gasteiger partial charge in [0, 0.05) is 19.3 Å². The first kappa shape index (κ1) is 17.9. The Morgan fingerprint density at radius 1 is 1.24 bits per heavy atom. The third-order valence-electron chi connectivity index (χ3n) is 3.22. The molecule has 0 fully saturated rings. The number of nitrogens with one attached hydrogen (secondary N) is 2. The van der Waals surface area contributed by atoms with Crippen molar-refractivity contribution >= 4 is 11.8 Å². The van der Waals surface area contributed by atoms with Crippen molar-refractivity contribution in [3.05, 3.63) is 59.4 Å². The Balaban J connectivity index is 1.89. The van der Waals surface area contributed by atoms with E-state index in [2.05, 4.69) is 15.6 Å². The van der Waals surface area contributed by atoms with Gasteiger partial charge in [-0.1, -0.05) is 12.1 Å². The number of nitriles is 1. The van der Waals surface area contributed by atoms with Gasteiger partial charge in [-0.15, -0.1) is 0 Å². The second-order valence-corrected chi connectivity index (χ2v) is 5.12. The smallest absolute Gasteiger partial charge is 0.270 e. The number of hydrogen-bond donors (Lipinski definition) is 2. The summed E-state index contributed by atoms with van der Waals surface area (Å²) < 4.78 is 5.41. The molecule has 0 saturated carbocycles. The van der Waals surface area contributed by atoms with Crippen molar-refractivity contribution in [1.29, 1.82) is 5.26 Å². The average molecular weight is 338 g/mol. The van der Waals surface area contributed by atoms with E-state index in [1.165, 1.54) is 18.3 Å². The minimum atomic E-state index is -0.335. The summed E-state index contributed by atoms with van der Waals surface area (Å²) >= 11 is 0. The number of aromatic nitrogens is 1. The lowest BCUT2D eigenvalue weighted by atomic mass is 10.2. The van der Waals surface area contributed by atoms with Crippen molar-refractivity contribution in [1.82, 2.24) is 15.6 Å². The second kappa shape index (κ2) is 9.03. The highest BCUT2D eigenvalue weighted by Gasteiger charge is 2.07. The first-order chi connectivity index (χ1) is 12.1. The summed E-state index contributed by atoms with van der Waals surface area (Å²) in [6.07, 6.45) is 1.35. The molecule has 0 saturated heterocycles. The number of hydrogen-bond acceptors (Lipinski definition) is 5. The highest BCUT2D eigenvalue weighted by atomic mass is 16.5. The van der Waals surface area contributed by atoms with Gasteiger partial charge in [0.15, 0.2) is 6.61 Å². The number of ether oxygens (including phenoxy) is 1.